The fourth-order valence-electron chi connectivity index (χ4n) is 3.96. The maximum absolute atomic E-state index is 12.0. The summed E-state index contributed by atoms with van der Waals surface area (Å²) in [5.41, 5.74) is 12.1. The highest BCUT2D eigenvalue weighted by Crippen LogP contribution is 2.42. The number of imidazole rings is 1. The lowest BCUT2D eigenvalue weighted by molar-refractivity contribution is 0.0994. The van der Waals surface area contributed by atoms with Gasteiger partial charge in [0.25, 0.3) is 5.91 Å². The molecule has 1 aliphatic heterocycles. The Bertz CT molecular complexity index is 1140. The zero-order chi connectivity index (χ0) is 19.4. The number of fused-ring (bicyclic) bond motifs is 3. The molecule has 1 amide bonds. The van der Waals surface area contributed by atoms with Gasteiger partial charge in [0.1, 0.15) is 6.33 Å². The summed E-state index contributed by atoms with van der Waals surface area (Å²) >= 11 is 2.36. The summed E-state index contributed by atoms with van der Waals surface area (Å²) in [4.78, 5) is 21.3. The van der Waals surface area contributed by atoms with Gasteiger partial charge in [-0.2, -0.15) is 0 Å². The van der Waals surface area contributed by atoms with E-state index in [9.17, 15) is 4.79 Å². The summed E-state index contributed by atoms with van der Waals surface area (Å²) in [7, 11) is 0. The molecule has 28 heavy (non-hydrogen) atoms. The zero-order valence-corrected chi connectivity index (χ0v) is 17.6. The van der Waals surface area contributed by atoms with E-state index in [2.05, 4.69) is 57.9 Å². The van der Waals surface area contributed by atoms with Crippen LogP contribution in [0.1, 0.15) is 64.6 Å². The van der Waals surface area contributed by atoms with E-state index in [0.29, 0.717) is 5.92 Å². The molecule has 0 spiro atoms. The minimum atomic E-state index is -0.523. The molecule has 1 saturated carbocycles. The summed E-state index contributed by atoms with van der Waals surface area (Å²) in [5.74, 6) is 0.121. The summed E-state index contributed by atoms with van der Waals surface area (Å²) in [6.07, 6.45) is 4.18. The van der Waals surface area contributed by atoms with Crippen LogP contribution in [0, 0.1) is 3.57 Å². The Morgan fingerprint density at radius 2 is 1.96 bits per heavy atom. The molecule has 1 atom stereocenters. The number of amides is 1. The van der Waals surface area contributed by atoms with Gasteiger partial charge in [0.05, 0.1) is 23.1 Å². The normalized spacial score (nSPS) is 18.1. The lowest BCUT2D eigenvalue weighted by atomic mass is 9.97. The van der Waals surface area contributed by atoms with Crippen molar-refractivity contribution in [2.24, 2.45) is 10.7 Å². The van der Waals surface area contributed by atoms with E-state index in [0.717, 1.165) is 31.8 Å². The molecule has 1 fully saturated rings. The Morgan fingerprint density at radius 3 is 2.68 bits per heavy atom. The molecule has 0 saturated heterocycles. The van der Waals surface area contributed by atoms with Gasteiger partial charge in [-0.05, 0) is 72.0 Å². The fourth-order valence-corrected chi connectivity index (χ4v) is 4.60. The molecule has 1 aliphatic carbocycles. The van der Waals surface area contributed by atoms with Crippen molar-refractivity contribution in [3.8, 4) is 5.69 Å². The lowest BCUT2D eigenvalue weighted by Crippen LogP contribution is -2.15. The molecule has 0 bridgehead atoms. The van der Waals surface area contributed by atoms with Gasteiger partial charge < -0.3 is 5.73 Å². The molecule has 5 nitrogen and oxygen atoms in total. The summed E-state index contributed by atoms with van der Waals surface area (Å²) in [6, 6.07) is 14.6. The molecule has 2 heterocycles. The molecule has 6 heteroatoms. The predicted molar refractivity (Wildman–Crippen MR) is 117 cm³/mol. The first kappa shape index (κ1) is 17.6. The van der Waals surface area contributed by atoms with Gasteiger partial charge in [-0.25, -0.2) is 4.98 Å². The highest BCUT2D eigenvalue weighted by Gasteiger charge is 2.30. The number of nitrogens with two attached hydrogens (primary N) is 1. The zero-order valence-electron chi connectivity index (χ0n) is 15.4. The third kappa shape index (κ3) is 2.78. The van der Waals surface area contributed by atoms with E-state index in [1.165, 1.54) is 18.4 Å². The molecule has 0 unspecified atom stereocenters. The Hall–Kier alpha value is -2.48. The van der Waals surface area contributed by atoms with Crippen LogP contribution in [0.3, 0.4) is 0 Å². The average molecular weight is 482 g/mol. The number of hydrogen-bond acceptors (Lipinski definition) is 3. The minimum absolute atomic E-state index is 0.243. The van der Waals surface area contributed by atoms with Crippen LogP contribution >= 0.6 is 22.6 Å². The molecule has 5 rings (SSSR count). The molecular formula is C22H19IN4O. The Kier molecular flexibility index (Phi) is 4.12. The van der Waals surface area contributed by atoms with Gasteiger partial charge in [0.15, 0.2) is 5.69 Å². The first-order valence-corrected chi connectivity index (χ1v) is 10.5. The van der Waals surface area contributed by atoms with Crippen LogP contribution in [0.25, 0.3) is 5.69 Å². The van der Waals surface area contributed by atoms with E-state index >= 15 is 0 Å². The monoisotopic (exact) mass is 482 g/mol. The van der Waals surface area contributed by atoms with Gasteiger partial charge in [-0.1, -0.05) is 24.3 Å². The third-order valence-electron chi connectivity index (χ3n) is 5.47. The number of carbonyl (C=O) groups is 1. The second kappa shape index (κ2) is 6.55. The maximum atomic E-state index is 12.0. The van der Waals surface area contributed by atoms with Crippen molar-refractivity contribution in [3.05, 3.63) is 80.4 Å². The van der Waals surface area contributed by atoms with Crippen LogP contribution in [0.5, 0.6) is 0 Å². The first-order valence-electron chi connectivity index (χ1n) is 9.39. The summed E-state index contributed by atoms with van der Waals surface area (Å²) in [6.45, 7) is 1.99. The molecule has 2 aliphatic rings. The maximum Gasteiger partial charge on any atom is 0.269 e. The second-order valence-electron chi connectivity index (χ2n) is 7.40. The molecular weight excluding hydrogens is 463 g/mol. The Morgan fingerprint density at radius 1 is 1.18 bits per heavy atom. The van der Waals surface area contributed by atoms with Crippen molar-refractivity contribution in [3.63, 3.8) is 0 Å². The first-order chi connectivity index (χ1) is 13.5. The molecule has 1 aromatic heterocycles. The SMILES string of the molecule is C[C@H]1N=C(c2ccccc2I)c2cc(C3CC3)ccc2-n2cnc(C(N)=O)c21. The number of hydrogen-bond donors (Lipinski definition) is 1. The highest BCUT2D eigenvalue weighted by atomic mass is 127. The number of rotatable bonds is 3. The molecule has 140 valence electrons. The number of nitrogens with zero attached hydrogens (tertiary/aromatic N) is 3. The van der Waals surface area contributed by atoms with Crippen molar-refractivity contribution in [2.45, 2.75) is 31.7 Å². The van der Waals surface area contributed by atoms with E-state index in [1.54, 1.807) is 6.33 Å². The van der Waals surface area contributed by atoms with Crippen molar-refractivity contribution in [2.75, 3.05) is 0 Å². The minimum Gasteiger partial charge on any atom is -0.364 e. The van der Waals surface area contributed by atoms with Crippen LogP contribution in [0.2, 0.25) is 0 Å². The highest BCUT2D eigenvalue weighted by molar-refractivity contribution is 14.1. The fraction of sp³-hybridized carbons (Fsp3) is 0.227. The van der Waals surface area contributed by atoms with Crippen molar-refractivity contribution in [1.82, 2.24) is 9.55 Å². The largest absolute Gasteiger partial charge is 0.364 e. The number of primary amides is 1. The quantitative estimate of drug-likeness (QED) is 0.564. The van der Waals surface area contributed by atoms with Gasteiger partial charge in [0.2, 0.25) is 0 Å². The Labute approximate surface area is 176 Å². The third-order valence-corrected chi connectivity index (χ3v) is 6.41. The van der Waals surface area contributed by atoms with Crippen LogP contribution in [0.15, 0.2) is 53.8 Å². The van der Waals surface area contributed by atoms with E-state index in [4.69, 9.17) is 10.7 Å². The van der Waals surface area contributed by atoms with E-state index < -0.39 is 5.91 Å². The molecule has 2 aromatic carbocycles. The number of halogens is 1. The lowest BCUT2D eigenvalue weighted by Gasteiger charge is -2.14. The molecule has 0 radical (unpaired) electrons. The predicted octanol–water partition coefficient (Wildman–Crippen LogP) is 4.37. The van der Waals surface area contributed by atoms with Gasteiger partial charge in [0, 0.05) is 14.7 Å². The van der Waals surface area contributed by atoms with Gasteiger partial charge >= 0.3 is 0 Å². The van der Waals surface area contributed by atoms with Crippen LogP contribution in [-0.4, -0.2) is 21.2 Å². The van der Waals surface area contributed by atoms with E-state index in [-0.39, 0.29) is 11.7 Å². The van der Waals surface area contributed by atoms with Crippen molar-refractivity contribution >= 4 is 34.2 Å². The van der Waals surface area contributed by atoms with Gasteiger partial charge in [-0.3, -0.25) is 14.4 Å². The summed E-state index contributed by atoms with van der Waals surface area (Å²) in [5, 5.41) is 0. The van der Waals surface area contributed by atoms with Crippen molar-refractivity contribution in [1.29, 1.82) is 0 Å². The standard InChI is InChI=1S/C22H19IN4O/c1-12-21-20(22(24)28)25-11-27(21)18-9-8-14(13-6-7-13)10-16(18)19(26-12)15-4-2-3-5-17(15)23/h2-5,8-13H,6-7H2,1H3,(H2,24,28)/t12-/m1/s1. The van der Waals surface area contributed by atoms with E-state index in [1.807, 2.05) is 23.6 Å². The van der Waals surface area contributed by atoms with Gasteiger partial charge in [-0.15, -0.1) is 0 Å². The van der Waals surface area contributed by atoms with Crippen molar-refractivity contribution < 1.29 is 4.79 Å². The Balaban J connectivity index is 1.81. The van der Waals surface area contributed by atoms with Crippen LogP contribution < -0.4 is 5.73 Å². The number of aromatic nitrogens is 2. The summed E-state index contributed by atoms with van der Waals surface area (Å²) < 4.78 is 3.12. The van der Waals surface area contributed by atoms with Crippen LogP contribution in [0.4, 0.5) is 0 Å². The smallest absolute Gasteiger partial charge is 0.269 e. The number of benzene rings is 2. The molecule has 2 N–H and O–H groups in total. The molecule has 3 aromatic rings. The number of aliphatic imine (C=N–C) groups is 1. The second-order valence-corrected chi connectivity index (χ2v) is 8.56. The topological polar surface area (TPSA) is 73.3 Å². The van der Waals surface area contributed by atoms with Crippen LogP contribution in [-0.2, 0) is 0 Å². The number of carbonyl (C=O) groups excluding carboxylic acids is 1. The average Bonchev–Trinajstić information content (AvgIpc) is 3.45.